The van der Waals surface area contributed by atoms with Crippen LogP contribution in [0.25, 0.3) is 0 Å². The maximum absolute atomic E-state index is 11.8. The summed E-state index contributed by atoms with van der Waals surface area (Å²) in [5, 5.41) is 0. The largest absolute Gasteiger partial charge is 0.462 e. The Morgan fingerprint density at radius 1 is 0.933 bits per heavy atom. The molecule has 0 amide bonds. The van der Waals surface area contributed by atoms with E-state index in [0.717, 1.165) is 37.7 Å². The number of esters is 3. The molecular weight excluding hydrogens is 384 g/mol. The highest BCUT2D eigenvalue weighted by molar-refractivity contribution is 5.70. The third-order valence-electron chi connectivity index (χ3n) is 7.52. The highest BCUT2D eigenvalue weighted by atomic mass is 16.5. The van der Waals surface area contributed by atoms with Gasteiger partial charge in [0.25, 0.3) is 0 Å². The van der Waals surface area contributed by atoms with Crippen molar-refractivity contribution in [3.05, 3.63) is 29.3 Å². The second-order valence-electron chi connectivity index (χ2n) is 9.31. The molecule has 0 heterocycles. The summed E-state index contributed by atoms with van der Waals surface area (Å²) in [5.74, 6) is 0.726. The molecule has 0 radical (unpaired) electrons. The number of carbonyl (C=O) groups is 3. The first-order valence-electron chi connectivity index (χ1n) is 10.9. The second kappa shape index (κ2) is 7.71. The topological polar surface area (TPSA) is 78.9 Å². The van der Waals surface area contributed by atoms with E-state index >= 15 is 0 Å². The number of rotatable bonds is 3. The minimum Gasteiger partial charge on any atom is -0.462 e. The van der Waals surface area contributed by atoms with Gasteiger partial charge in [-0.25, -0.2) is 0 Å². The van der Waals surface area contributed by atoms with E-state index in [9.17, 15) is 14.4 Å². The van der Waals surface area contributed by atoms with Crippen LogP contribution in [0.5, 0.6) is 5.75 Å². The highest BCUT2D eigenvalue weighted by Gasteiger charge is 2.57. The SMILES string of the molecule is CC(=O)Oc1ccc2c(c1)C(OC(C)=O)C[C@@H]1[C@@H]2CC[C@]2(C)C(OC(C)=O)CC[C@@H]12. The first-order chi connectivity index (χ1) is 14.2. The van der Waals surface area contributed by atoms with Crippen LogP contribution in [0.4, 0.5) is 0 Å². The Kier molecular flexibility index (Phi) is 5.37. The summed E-state index contributed by atoms with van der Waals surface area (Å²) in [6, 6.07) is 5.71. The molecule has 2 saturated carbocycles. The highest BCUT2D eigenvalue weighted by Crippen LogP contribution is 2.63. The van der Waals surface area contributed by atoms with Crippen molar-refractivity contribution in [1.82, 2.24) is 0 Å². The van der Waals surface area contributed by atoms with Crippen LogP contribution in [-0.4, -0.2) is 24.0 Å². The molecule has 0 aromatic heterocycles. The maximum Gasteiger partial charge on any atom is 0.308 e. The van der Waals surface area contributed by atoms with E-state index in [2.05, 4.69) is 6.92 Å². The maximum atomic E-state index is 11.8. The molecule has 3 aliphatic carbocycles. The fourth-order valence-electron chi connectivity index (χ4n) is 6.43. The van der Waals surface area contributed by atoms with Gasteiger partial charge in [-0.1, -0.05) is 13.0 Å². The fraction of sp³-hybridized carbons (Fsp3) is 0.625. The van der Waals surface area contributed by atoms with Gasteiger partial charge < -0.3 is 14.2 Å². The predicted octanol–water partition coefficient (Wildman–Crippen LogP) is 4.46. The summed E-state index contributed by atoms with van der Waals surface area (Å²) in [7, 11) is 0. The smallest absolute Gasteiger partial charge is 0.308 e. The molecular formula is C24H30O6. The molecule has 0 spiro atoms. The van der Waals surface area contributed by atoms with E-state index in [1.807, 2.05) is 18.2 Å². The molecule has 162 valence electrons. The Balaban J connectivity index is 1.69. The number of hydrogen-bond acceptors (Lipinski definition) is 6. The van der Waals surface area contributed by atoms with E-state index in [-0.39, 0.29) is 35.5 Å². The minimum absolute atomic E-state index is 0.0389. The van der Waals surface area contributed by atoms with Gasteiger partial charge >= 0.3 is 17.9 Å². The molecule has 0 aliphatic heterocycles. The third kappa shape index (κ3) is 3.61. The molecule has 4 rings (SSSR count). The zero-order valence-corrected chi connectivity index (χ0v) is 18.1. The van der Waals surface area contributed by atoms with Gasteiger partial charge in [0.2, 0.25) is 0 Å². The van der Waals surface area contributed by atoms with Crippen LogP contribution in [0.1, 0.15) is 82.9 Å². The van der Waals surface area contributed by atoms with Gasteiger partial charge in [-0.15, -0.1) is 0 Å². The molecule has 3 aliphatic rings. The Hall–Kier alpha value is -2.37. The average molecular weight is 414 g/mol. The summed E-state index contributed by atoms with van der Waals surface area (Å²) in [6.07, 6.45) is 4.25. The van der Waals surface area contributed by atoms with Gasteiger partial charge in [-0.3, -0.25) is 14.4 Å². The van der Waals surface area contributed by atoms with Crippen molar-refractivity contribution in [2.75, 3.05) is 0 Å². The minimum atomic E-state index is -0.372. The molecule has 2 unspecified atom stereocenters. The van der Waals surface area contributed by atoms with Crippen molar-refractivity contribution in [3.8, 4) is 5.75 Å². The normalized spacial score (nSPS) is 34.2. The van der Waals surface area contributed by atoms with Crippen molar-refractivity contribution >= 4 is 17.9 Å². The van der Waals surface area contributed by atoms with Crippen molar-refractivity contribution in [3.63, 3.8) is 0 Å². The number of ether oxygens (including phenoxy) is 3. The van der Waals surface area contributed by atoms with Crippen LogP contribution in [0, 0.1) is 17.3 Å². The quantitative estimate of drug-likeness (QED) is 0.537. The van der Waals surface area contributed by atoms with E-state index in [4.69, 9.17) is 14.2 Å². The standard InChI is InChI=1S/C24H30O6/c1-13(25)28-16-5-6-17-18-9-10-24(4)21(7-8-23(24)30-15(3)27)19(18)12-22(20(17)11-16)29-14(2)26/h5-6,11,18-19,21-23H,7-10,12H2,1-4H3/t18-,19-,21+,22?,23?,24+/m1/s1. The van der Waals surface area contributed by atoms with Gasteiger partial charge in [0.15, 0.2) is 0 Å². The second-order valence-corrected chi connectivity index (χ2v) is 9.31. The lowest BCUT2D eigenvalue weighted by atomic mass is 9.55. The fourth-order valence-corrected chi connectivity index (χ4v) is 6.43. The summed E-state index contributed by atoms with van der Waals surface area (Å²) >= 11 is 0. The number of hydrogen-bond donors (Lipinski definition) is 0. The van der Waals surface area contributed by atoms with E-state index in [1.54, 1.807) is 0 Å². The molecule has 0 saturated heterocycles. The zero-order chi connectivity index (χ0) is 21.6. The van der Waals surface area contributed by atoms with Crippen LogP contribution >= 0.6 is 0 Å². The van der Waals surface area contributed by atoms with Crippen molar-refractivity contribution < 1.29 is 28.6 Å². The molecule has 6 atom stereocenters. The predicted molar refractivity (Wildman–Crippen MR) is 109 cm³/mol. The molecule has 6 heteroatoms. The number of benzene rings is 1. The lowest BCUT2D eigenvalue weighted by molar-refractivity contribution is -0.157. The van der Waals surface area contributed by atoms with Crippen molar-refractivity contribution in [2.45, 2.75) is 77.9 Å². The molecule has 6 nitrogen and oxygen atoms in total. The molecule has 2 fully saturated rings. The van der Waals surface area contributed by atoms with E-state index in [0.29, 0.717) is 23.5 Å². The van der Waals surface area contributed by atoms with Gasteiger partial charge in [-0.05, 0) is 73.1 Å². The molecule has 1 aromatic carbocycles. The van der Waals surface area contributed by atoms with Crippen LogP contribution in [0.2, 0.25) is 0 Å². The van der Waals surface area contributed by atoms with E-state index < -0.39 is 0 Å². The van der Waals surface area contributed by atoms with Gasteiger partial charge in [0, 0.05) is 26.2 Å². The summed E-state index contributed by atoms with van der Waals surface area (Å²) in [4.78, 5) is 34.9. The molecule has 1 aromatic rings. The van der Waals surface area contributed by atoms with Crippen molar-refractivity contribution in [2.24, 2.45) is 17.3 Å². The van der Waals surface area contributed by atoms with Crippen LogP contribution in [0.3, 0.4) is 0 Å². The lowest BCUT2D eigenvalue weighted by Gasteiger charge is -2.51. The van der Waals surface area contributed by atoms with Gasteiger partial charge in [0.05, 0.1) is 0 Å². The van der Waals surface area contributed by atoms with Gasteiger partial charge in [0.1, 0.15) is 18.0 Å². The monoisotopic (exact) mass is 414 g/mol. The Morgan fingerprint density at radius 2 is 1.67 bits per heavy atom. The first kappa shape index (κ1) is 20.9. The van der Waals surface area contributed by atoms with Crippen LogP contribution in [-0.2, 0) is 23.9 Å². The average Bonchev–Trinajstić information content (AvgIpc) is 2.97. The van der Waals surface area contributed by atoms with Gasteiger partial charge in [-0.2, -0.15) is 0 Å². The Bertz CT molecular complexity index is 876. The molecule has 0 N–H and O–H groups in total. The van der Waals surface area contributed by atoms with Crippen molar-refractivity contribution in [1.29, 1.82) is 0 Å². The third-order valence-corrected chi connectivity index (χ3v) is 7.52. The first-order valence-corrected chi connectivity index (χ1v) is 10.9. The van der Waals surface area contributed by atoms with E-state index in [1.165, 1.54) is 26.3 Å². The van der Waals surface area contributed by atoms with Crippen LogP contribution in [0.15, 0.2) is 18.2 Å². The summed E-state index contributed by atoms with van der Waals surface area (Å²) in [6.45, 7) is 6.55. The summed E-state index contributed by atoms with van der Waals surface area (Å²) < 4.78 is 16.7. The Morgan fingerprint density at radius 3 is 2.33 bits per heavy atom. The van der Waals surface area contributed by atoms with Crippen LogP contribution < -0.4 is 4.74 Å². The number of carbonyl (C=O) groups excluding carboxylic acids is 3. The zero-order valence-electron chi connectivity index (χ0n) is 18.1. The molecule has 30 heavy (non-hydrogen) atoms. The molecule has 0 bridgehead atoms. The number of fused-ring (bicyclic) bond motifs is 5. The summed E-state index contributed by atoms with van der Waals surface area (Å²) in [5.41, 5.74) is 2.10. The Labute approximate surface area is 177 Å². The lowest BCUT2D eigenvalue weighted by Crippen LogP contribution is -2.45.